The van der Waals surface area contributed by atoms with Gasteiger partial charge in [0.05, 0.1) is 22.8 Å². The van der Waals surface area contributed by atoms with Crippen molar-refractivity contribution in [3.05, 3.63) is 64.7 Å². The summed E-state index contributed by atoms with van der Waals surface area (Å²) in [5.74, 6) is -0.294. The van der Waals surface area contributed by atoms with Crippen molar-refractivity contribution in [2.45, 2.75) is 24.3 Å². The van der Waals surface area contributed by atoms with Crippen LogP contribution in [-0.2, 0) is 16.6 Å². The molecule has 0 radical (unpaired) electrons. The first-order valence-electron chi connectivity index (χ1n) is 9.26. The normalized spacial score (nSPS) is 14.8. The lowest BCUT2D eigenvalue weighted by molar-refractivity contribution is 0.0950. The first kappa shape index (κ1) is 19.7. The first-order valence-corrected chi connectivity index (χ1v) is 11.6. The molecule has 9 heteroatoms. The Morgan fingerprint density at radius 1 is 1.07 bits per heavy atom. The molecule has 1 fully saturated rings. The van der Waals surface area contributed by atoms with Crippen molar-refractivity contribution in [1.29, 1.82) is 0 Å². The van der Waals surface area contributed by atoms with Gasteiger partial charge in [0.25, 0.3) is 5.91 Å². The summed E-state index contributed by atoms with van der Waals surface area (Å²) in [6.07, 6.45) is 4.98. The number of carbonyl (C=O) groups excluding carboxylic acids is 1. The van der Waals surface area contributed by atoms with Crippen molar-refractivity contribution in [1.82, 2.24) is 19.6 Å². The van der Waals surface area contributed by atoms with Crippen LogP contribution in [0.15, 0.2) is 58.4 Å². The van der Waals surface area contributed by atoms with Crippen LogP contribution in [0.25, 0.3) is 11.3 Å². The highest BCUT2D eigenvalue weighted by Crippen LogP contribution is 2.23. The molecule has 0 unspecified atom stereocenters. The average molecular weight is 429 g/mol. The topological polar surface area (TPSA) is 92.3 Å². The number of benzene rings is 1. The molecular formula is C20H20N4O3S2. The van der Waals surface area contributed by atoms with Crippen LogP contribution in [-0.4, -0.2) is 41.7 Å². The van der Waals surface area contributed by atoms with Crippen LogP contribution in [0.2, 0.25) is 0 Å². The van der Waals surface area contributed by atoms with Gasteiger partial charge in [-0.05, 0) is 48.6 Å². The monoisotopic (exact) mass is 428 g/mol. The number of nitrogens with one attached hydrogen (secondary N) is 1. The molecule has 150 valence electrons. The average Bonchev–Trinajstić information content (AvgIpc) is 3.47. The van der Waals surface area contributed by atoms with Crippen molar-refractivity contribution in [3.63, 3.8) is 0 Å². The number of carbonyl (C=O) groups is 1. The standard InChI is InChI=1S/C20H20N4O3S2/c25-20(23-13-18-19(22-9-8-21-18)16-7-12-28-14-16)15-3-5-17(6-4-15)29(26,27)24-10-1-2-11-24/h3-9,12,14H,1-2,10-11,13H2,(H,23,25). The molecule has 0 saturated carbocycles. The number of thiophene rings is 1. The summed E-state index contributed by atoms with van der Waals surface area (Å²) in [6.45, 7) is 1.33. The smallest absolute Gasteiger partial charge is 0.251 e. The molecule has 3 aromatic rings. The van der Waals surface area contributed by atoms with E-state index in [1.165, 1.54) is 28.6 Å². The van der Waals surface area contributed by atoms with Gasteiger partial charge >= 0.3 is 0 Å². The summed E-state index contributed by atoms with van der Waals surface area (Å²) in [5, 5.41) is 6.78. The summed E-state index contributed by atoms with van der Waals surface area (Å²) in [6, 6.07) is 8.01. The summed E-state index contributed by atoms with van der Waals surface area (Å²) >= 11 is 1.57. The van der Waals surface area contributed by atoms with Crippen molar-refractivity contribution in [2.24, 2.45) is 0 Å². The first-order chi connectivity index (χ1) is 14.1. The highest BCUT2D eigenvalue weighted by molar-refractivity contribution is 7.89. The number of hydrogen-bond donors (Lipinski definition) is 1. The minimum atomic E-state index is -3.48. The van der Waals surface area contributed by atoms with Crippen LogP contribution in [0.3, 0.4) is 0 Å². The van der Waals surface area contributed by atoms with Gasteiger partial charge in [-0.15, -0.1) is 0 Å². The third-order valence-electron chi connectivity index (χ3n) is 4.80. The molecule has 2 aromatic heterocycles. The molecule has 0 spiro atoms. The second kappa shape index (κ2) is 8.40. The Morgan fingerprint density at radius 2 is 1.79 bits per heavy atom. The maximum absolute atomic E-state index is 12.6. The van der Waals surface area contributed by atoms with Gasteiger partial charge in [0.15, 0.2) is 0 Å². The summed E-state index contributed by atoms with van der Waals surface area (Å²) in [4.78, 5) is 21.4. The Balaban J connectivity index is 1.45. The fraction of sp³-hybridized carbons (Fsp3) is 0.250. The van der Waals surface area contributed by atoms with Crippen LogP contribution < -0.4 is 5.32 Å². The van der Waals surface area contributed by atoms with Gasteiger partial charge < -0.3 is 5.32 Å². The molecule has 1 N–H and O–H groups in total. The summed E-state index contributed by atoms with van der Waals surface area (Å²) in [5.41, 5.74) is 2.77. The summed E-state index contributed by atoms with van der Waals surface area (Å²) in [7, 11) is -3.48. The van der Waals surface area contributed by atoms with E-state index in [2.05, 4.69) is 15.3 Å². The fourth-order valence-corrected chi connectivity index (χ4v) is 5.42. The molecule has 1 aliphatic rings. The number of hydrogen-bond acceptors (Lipinski definition) is 6. The Kier molecular flexibility index (Phi) is 5.70. The van der Waals surface area contributed by atoms with Crippen LogP contribution in [0, 0.1) is 0 Å². The SMILES string of the molecule is O=C(NCc1nccnc1-c1ccsc1)c1ccc(S(=O)(=O)N2CCCC2)cc1. The lowest BCUT2D eigenvalue weighted by Gasteiger charge is -2.15. The highest BCUT2D eigenvalue weighted by atomic mass is 32.2. The van der Waals surface area contributed by atoms with Gasteiger partial charge in [-0.1, -0.05) is 0 Å². The molecule has 3 heterocycles. The Labute approximate surface area is 173 Å². The third kappa shape index (κ3) is 4.21. The predicted molar refractivity (Wildman–Crippen MR) is 111 cm³/mol. The fourth-order valence-electron chi connectivity index (χ4n) is 3.26. The van der Waals surface area contributed by atoms with Crippen molar-refractivity contribution in [3.8, 4) is 11.3 Å². The molecule has 0 aliphatic carbocycles. The minimum absolute atomic E-state index is 0.213. The molecule has 29 heavy (non-hydrogen) atoms. The van der Waals surface area contributed by atoms with E-state index in [0.29, 0.717) is 24.3 Å². The molecule has 1 aromatic carbocycles. The Morgan fingerprint density at radius 3 is 2.48 bits per heavy atom. The molecular weight excluding hydrogens is 408 g/mol. The number of rotatable bonds is 6. The van der Waals surface area contributed by atoms with E-state index in [9.17, 15) is 13.2 Å². The predicted octanol–water partition coefficient (Wildman–Crippen LogP) is 2.92. The van der Waals surface area contributed by atoms with Gasteiger partial charge in [0.1, 0.15) is 0 Å². The Bertz CT molecular complexity index is 1090. The second-order valence-corrected chi connectivity index (χ2v) is 9.40. The van der Waals surface area contributed by atoms with Gasteiger partial charge in [-0.2, -0.15) is 15.6 Å². The van der Waals surface area contributed by atoms with Crippen molar-refractivity contribution < 1.29 is 13.2 Å². The molecule has 7 nitrogen and oxygen atoms in total. The zero-order chi connectivity index (χ0) is 20.3. The number of nitrogens with zero attached hydrogens (tertiary/aromatic N) is 3. The number of amides is 1. The number of aromatic nitrogens is 2. The molecule has 1 saturated heterocycles. The Hall–Kier alpha value is -2.62. The van der Waals surface area contributed by atoms with Gasteiger partial charge in [0, 0.05) is 42.0 Å². The van der Waals surface area contributed by atoms with Crippen LogP contribution in [0.5, 0.6) is 0 Å². The van der Waals surface area contributed by atoms with Gasteiger partial charge in [-0.3, -0.25) is 14.8 Å². The van der Waals surface area contributed by atoms with Crippen molar-refractivity contribution >= 4 is 27.3 Å². The highest BCUT2D eigenvalue weighted by Gasteiger charge is 2.27. The van der Waals surface area contributed by atoms with Crippen LogP contribution >= 0.6 is 11.3 Å². The molecule has 1 aliphatic heterocycles. The van der Waals surface area contributed by atoms with Crippen LogP contribution in [0.4, 0.5) is 0 Å². The number of sulfonamides is 1. The second-order valence-electron chi connectivity index (χ2n) is 6.68. The zero-order valence-corrected chi connectivity index (χ0v) is 17.2. The van der Waals surface area contributed by atoms with Crippen molar-refractivity contribution in [2.75, 3.05) is 13.1 Å². The lowest BCUT2D eigenvalue weighted by Crippen LogP contribution is -2.28. The molecule has 0 atom stereocenters. The van der Waals surface area contributed by atoms with E-state index >= 15 is 0 Å². The van der Waals surface area contributed by atoms with Gasteiger partial charge in [0.2, 0.25) is 10.0 Å². The van der Waals surface area contributed by atoms with E-state index in [1.54, 1.807) is 23.7 Å². The van der Waals surface area contributed by atoms with Gasteiger partial charge in [-0.25, -0.2) is 8.42 Å². The van der Waals surface area contributed by atoms with E-state index in [1.807, 2.05) is 16.8 Å². The molecule has 0 bridgehead atoms. The quantitative estimate of drug-likeness (QED) is 0.652. The summed E-state index contributed by atoms with van der Waals surface area (Å²) < 4.78 is 26.7. The van der Waals surface area contributed by atoms with E-state index in [0.717, 1.165) is 24.1 Å². The maximum atomic E-state index is 12.6. The largest absolute Gasteiger partial charge is 0.346 e. The zero-order valence-electron chi connectivity index (χ0n) is 15.6. The minimum Gasteiger partial charge on any atom is -0.346 e. The van der Waals surface area contributed by atoms with E-state index < -0.39 is 10.0 Å². The lowest BCUT2D eigenvalue weighted by atomic mass is 10.1. The third-order valence-corrected chi connectivity index (χ3v) is 7.40. The van der Waals surface area contributed by atoms with E-state index in [-0.39, 0.29) is 17.3 Å². The molecule has 1 amide bonds. The molecule has 4 rings (SSSR count). The van der Waals surface area contributed by atoms with E-state index in [4.69, 9.17) is 0 Å². The maximum Gasteiger partial charge on any atom is 0.251 e. The van der Waals surface area contributed by atoms with Crippen LogP contribution in [0.1, 0.15) is 28.9 Å².